The molecule has 2 saturated carbocycles. The van der Waals surface area contributed by atoms with Gasteiger partial charge in [-0.1, -0.05) is 24.3 Å². The van der Waals surface area contributed by atoms with Crippen molar-refractivity contribution in [1.82, 2.24) is 41.2 Å². The SMILES string of the molecule is CC(C)(C)OC(=O)NCC1CCC(C(=O)N[C@@H](Cc2cccc(-c3cnc(NC4CC4)nc3)c2)C(=O)Nc2ccc(-c3nn[nH]n3)cc2)CC1. The molecule has 2 aromatic heterocycles. The number of carbonyl (C=O) groups is 3. The third-order valence-corrected chi connectivity index (χ3v) is 8.80. The Bertz CT molecular complexity index is 1740. The van der Waals surface area contributed by atoms with Gasteiger partial charge >= 0.3 is 6.09 Å². The number of ether oxygens (including phenoxy) is 1. The van der Waals surface area contributed by atoms with Gasteiger partial charge in [0.1, 0.15) is 11.6 Å². The number of hydrogen-bond acceptors (Lipinski definition) is 10. The Hall–Kier alpha value is -5.40. The summed E-state index contributed by atoms with van der Waals surface area (Å²) >= 11 is 0. The van der Waals surface area contributed by atoms with Crippen molar-refractivity contribution in [2.45, 2.75) is 83.4 Å². The third-order valence-electron chi connectivity index (χ3n) is 8.80. The molecule has 14 heteroatoms. The average molecular weight is 681 g/mol. The molecule has 2 aliphatic rings. The van der Waals surface area contributed by atoms with Crippen molar-refractivity contribution in [3.8, 4) is 22.5 Å². The number of aromatic amines is 1. The maximum Gasteiger partial charge on any atom is 0.407 e. The quantitative estimate of drug-likeness (QED) is 0.138. The summed E-state index contributed by atoms with van der Waals surface area (Å²) in [5, 5.41) is 26.2. The van der Waals surface area contributed by atoms with Crippen LogP contribution in [0, 0.1) is 11.8 Å². The summed E-state index contributed by atoms with van der Waals surface area (Å²) in [5.41, 5.74) is 3.42. The highest BCUT2D eigenvalue weighted by Gasteiger charge is 2.30. The van der Waals surface area contributed by atoms with Crippen LogP contribution in [0.5, 0.6) is 0 Å². The number of carbonyl (C=O) groups excluding carboxylic acids is 3. The number of aromatic nitrogens is 6. The van der Waals surface area contributed by atoms with Crippen molar-refractivity contribution in [2.75, 3.05) is 17.2 Å². The van der Waals surface area contributed by atoms with Crippen molar-refractivity contribution in [3.63, 3.8) is 0 Å². The molecular weight excluding hydrogens is 636 g/mol. The maximum atomic E-state index is 13.8. The molecule has 14 nitrogen and oxygen atoms in total. The molecule has 2 aromatic carbocycles. The van der Waals surface area contributed by atoms with E-state index in [4.69, 9.17) is 4.74 Å². The van der Waals surface area contributed by atoms with Gasteiger partial charge in [-0.2, -0.15) is 5.21 Å². The minimum Gasteiger partial charge on any atom is -0.444 e. The number of H-pyrrole nitrogens is 1. The molecule has 0 radical (unpaired) electrons. The predicted molar refractivity (Wildman–Crippen MR) is 188 cm³/mol. The lowest BCUT2D eigenvalue weighted by Gasteiger charge is -2.29. The van der Waals surface area contributed by atoms with Crippen LogP contribution in [0.1, 0.15) is 64.9 Å². The average Bonchev–Trinajstić information content (AvgIpc) is 3.74. The fourth-order valence-corrected chi connectivity index (χ4v) is 5.96. The Balaban J connectivity index is 1.11. The van der Waals surface area contributed by atoms with E-state index in [0.717, 1.165) is 47.9 Å². The monoisotopic (exact) mass is 680 g/mol. The molecule has 0 aliphatic heterocycles. The Labute approximate surface area is 291 Å². The van der Waals surface area contributed by atoms with E-state index in [-0.39, 0.29) is 30.1 Å². The molecule has 2 aliphatic carbocycles. The summed E-state index contributed by atoms with van der Waals surface area (Å²) in [6, 6.07) is 14.6. The topological polar surface area (TPSA) is 189 Å². The number of rotatable bonds is 12. The third kappa shape index (κ3) is 9.83. The summed E-state index contributed by atoms with van der Waals surface area (Å²) in [6.45, 7) is 5.99. The Kier molecular flexibility index (Phi) is 10.6. The van der Waals surface area contributed by atoms with Gasteiger partial charge in [0.15, 0.2) is 0 Å². The van der Waals surface area contributed by atoms with E-state index in [2.05, 4.69) is 51.9 Å². The number of nitrogens with one attached hydrogen (secondary N) is 5. The largest absolute Gasteiger partial charge is 0.444 e. The van der Waals surface area contributed by atoms with Gasteiger partial charge in [-0.3, -0.25) is 9.59 Å². The number of alkyl carbamates (subject to hydrolysis) is 1. The van der Waals surface area contributed by atoms with Gasteiger partial charge in [-0.05, 0) is 106 Å². The lowest BCUT2D eigenvalue weighted by atomic mass is 9.81. The fraction of sp³-hybridized carbons (Fsp3) is 0.444. The summed E-state index contributed by atoms with van der Waals surface area (Å²) < 4.78 is 5.35. The van der Waals surface area contributed by atoms with Crippen LogP contribution < -0.4 is 21.3 Å². The molecule has 0 spiro atoms. The first kappa shape index (κ1) is 34.5. The Morgan fingerprint density at radius 3 is 2.32 bits per heavy atom. The molecule has 1 atom stereocenters. The first-order valence-electron chi connectivity index (χ1n) is 17.2. The van der Waals surface area contributed by atoms with E-state index in [1.807, 2.05) is 45.0 Å². The van der Waals surface area contributed by atoms with E-state index in [0.29, 0.717) is 42.9 Å². The zero-order valence-electron chi connectivity index (χ0n) is 28.6. The first-order chi connectivity index (χ1) is 24.1. The van der Waals surface area contributed by atoms with E-state index >= 15 is 0 Å². The lowest BCUT2D eigenvalue weighted by molar-refractivity contribution is -0.130. The predicted octanol–water partition coefficient (Wildman–Crippen LogP) is 4.90. The molecular formula is C36H44N10O4. The van der Waals surface area contributed by atoms with Gasteiger partial charge in [0.2, 0.25) is 23.6 Å². The van der Waals surface area contributed by atoms with Gasteiger partial charge in [-0.25, -0.2) is 14.8 Å². The second kappa shape index (κ2) is 15.4. The molecule has 50 heavy (non-hydrogen) atoms. The van der Waals surface area contributed by atoms with Gasteiger partial charge < -0.3 is 26.0 Å². The minimum atomic E-state index is -0.831. The van der Waals surface area contributed by atoms with Crippen molar-refractivity contribution in [2.24, 2.45) is 11.8 Å². The Morgan fingerprint density at radius 1 is 0.920 bits per heavy atom. The number of nitrogens with zero attached hydrogens (tertiary/aromatic N) is 5. The summed E-state index contributed by atoms with van der Waals surface area (Å²) in [4.78, 5) is 48.5. The van der Waals surface area contributed by atoms with Gasteiger partial charge in [0.05, 0.1) is 0 Å². The van der Waals surface area contributed by atoms with Gasteiger partial charge in [-0.15, -0.1) is 10.2 Å². The van der Waals surface area contributed by atoms with Crippen LogP contribution in [-0.2, 0) is 20.7 Å². The van der Waals surface area contributed by atoms with Gasteiger partial charge in [0, 0.05) is 54.1 Å². The van der Waals surface area contributed by atoms with E-state index < -0.39 is 17.7 Å². The molecule has 2 fully saturated rings. The highest BCUT2D eigenvalue weighted by Crippen LogP contribution is 2.29. The number of benzene rings is 2. The molecule has 262 valence electrons. The molecule has 0 saturated heterocycles. The van der Waals surface area contributed by atoms with Crippen LogP contribution in [0.3, 0.4) is 0 Å². The van der Waals surface area contributed by atoms with Crippen LogP contribution >= 0.6 is 0 Å². The highest BCUT2D eigenvalue weighted by atomic mass is 16.6. The van der Waals surface area contributed by atoms with Crippen molar-refractivity contribution >= 4 is 29.5 Å². The molecule has 0 unspecified atom stereocenters. The number of hydrogen-bond donors (Lipinski definition) is 5. The number of anilines is 2. The molecule has 2 heterocycles. The second-order valence-corrected chi connectivity index (χ2v) is 14.1. The molecule has 0 bridgehead atoms. The van der Waals surface area contributed by atoms with Crippen LogP contribution in [0.25, 0.3) is 22.5 Å². The summed E-state index contributed by atoms with van der Waals surface area (Å²) in [5.74, 6) is 0.604. The highest BCUT2D eigenvalue weighted by molar-refractivity contribution is 5.97. The zero-order valence-corrected chi connectivity index (χ0v) is 28.6. The second-order valence-electron chi connectivity index (χ2n) is 14.1. The molecule has 5 N–H and O–H groups in total. The maximum absolute atomic E-state index is 13.8. The van der Waals surface area contributed by atoms with E-state index in [1.165, 1.54) is 0 Å². The van der Waals surface area contributed by atoms with Crippen molar-refractivity contribution in [1.29, 1.82) is 0 Å². The summed E-state index contributed by atoms with van der Waals surface area (Å²) in [6.07, 6.45) is 8.61. The number of tetrazole rings is 1. The van der Waals surface area contributed by atoms with Crippen molar-refractivity contribution < 1.29 is 19.1 Å². The van der Waals surface area contributed by atoms with E-state index in [9.17, 15) is 14.4 Å². The summed E-state index contributed by atoms with van der Waals surface area (Å²) in [7, 11) is 0. The van der Waals surface area contributed by atoms with Crippen LogP contribution in [0.15, 0.2) is 60.9 Å². The lowest BCUT2D eigenvalue weighted by Crippen LogP contribution is -2.48. The van der Waals surface area contributed by atoms with Gasteiger partial charge in [0.25, 0.3) is 0 Å². The molecule has 3 amide bonds. The van der Waals surface area contributed by atoms with Crippen LogP contribution in [0.4, 0.5) is 16.4 Å². The van der Waals surface area contributed by atoms with Crippen LogP contribution in [-0.4, -0.2) is 72.7 Å². The zero-order chi connectivity index (χ0) is 35.1. The Morgan fingerprint density at radius 2 is 1.66 bits per heavy atom. The standard InChI is InChI=1S/C36H44N10O4/c1-36(2,3)50-35(49)39-19-22-7-9-25(10-8-22)32(47)42-30(33(48)40-28-13-11-24(12-14-28)31-43-45-46-44-31)18-23-5-4-6-26(17-23)27-20-37-34(38-21-27)41-29-15-16-29/h4-6,11-14,17,20-22,25,29-30H,7-10,15-16,18-19H2,1-3H3,(H,39,49)(H,40,48)(H,42,47)(H,37,38,41)(H,43,44,45,46)/t22?,25?,30-/m0/s1. The van der Waals surface area contributed by atoms with E-state index in [1.54, 1.807) is 36.7 Å². The smallest absolute Gasteiger partial charge is 0.407 e. The minimum absolute atomic E-state index is 0.153. The molecule has 6 rings (SSSR count). The first-order valence-corrected chi connectivity index (χ1v) is 17.2. The number of amides is 3. The normalized spacial score (nSPS) is 18.1. The molecule has 4 aromatic rings. The van der Waals surface area contributed by atoms with Crippen LogP contribution in [0.2, 0.25) is 0 Å². The fourth-order valence-electron chi connectivity index (χ4n) is 5.96. The van der Waals surface area contributed by atoms with Crippen molar-refractivity contribution in [3.05, 3.63) is 66.5 Å².